The number of aromatic nitrogens is 1. The molecule has 2 heterocycles. The van der Waals surface area contributed by atoms with Crippen molar-refractivity contribution < 1.29 is 4.74 Å². The Kier molecular flexibility index (Phi) is 3.11. The molecule has 0 spiro atoms. The highest BCUT2D eigenvalue weighted by atomic mass is 16.5. The highest BCUT2D eigenvalue weighted by Gasteiger charge is 2.18. The SMILES string of the molecule is C[C@@H](O[C@@H]1CCNC1)c1ccccn1. The summed E-state index contributed by atoms with van der Waals surface area (Å²) in [5.74, 6) is 0. The molecule has 3 nitrogen and oxygen atoms in total. The zero-order valence-electron chi connectivity index (χ0n) is 8.44. The molecule has 1 aliphatic heterocycles. The predicted octanol–water partition coefficient (Wildman–Crippen LogP) is 1.52. The molecule has 1 aliphatic rings. The highest BCUT2D eigenvalue weighted by molar-refractivity contribution is 5.06. The summed E-state index contributed by atoms with van der Waals surface area (Å²) in [7, 11) is 0. The number of hydrogen-bond donors (Lipinski definition) is 1. The van der Waals surface area contributed by atoms with Crippen LogP contribution in [0, 0.1) is 0 Å². The quantitative estimate of drug-likeness (QED) is 0.788. The topological polar surface area (TPSA) is 34.1 Å². The lowest BCUT2D eigenvalue weighted by atomic mass is 10.2. The summed E-state index contributed by atoms with van der Waals surface area (Å²) in [4.78, 5) is 4.28. The number of rotatable bonds is 3. The molecule has 0 radical (unpaired) electrons. The van der Waals surface area contributed by atoms with E-state index >= 15 is 0 Å². The standard InChI is InChI=1S/C11H16N2O/c1-9(11-4-2-3-6-13-11)14-10-5-7-12-8-10/h2-4,6,9-10,12H,5,7-8H2,1H3/t9-,10-/m1/s1. The fraction of sp³-hybridized carbons (Fsp3) is 0.545. The summed E-state index contributed by atoms with van der Waals surface area (Å²) in [5.41, 5.74) is 1.01. The van der Waals surface area contributed by atoms with Crippen LogP contribution in [0.3, 0.4) is 0 Å². The Morgan fingerprint density at radius 3 is 3.14 bits per heavy atom. The van der Waals surface area contributed by atoms with Gasteiger partial charge in [-0.25, -0.2) is 0 Å². The second-order valence-corrected chi connectivity index (χ2v) is 3.65. The molecule has 1 aromatic rings. The second-order valence-electron chi connectivity index (χ2n) is 3.65. The molecule has 0 unspecified atom stereocenters. The van der Waals surface area contributed by atoms with Crippen LogP contribution >= 0.6 is 0 Å². The summed E-state index contributed by atoms with van der Waals surface area (Å²) in [6.07, 6.45) is 3.37. The van der Waals surface area contributed by atoms with Gasteiger partial charge in [0.15, 0.2) is 0 Å². The Bertz CT molecular complexity index is 270. The summed E-state index contributed by atoms with van der Waals surface area (Å²) >= 11 is 0. The fourth-order valence-electron chi connectivity index (χ4n) is 1.72. The van der Waals surface area contributed by atoms with Crippen LogP contribution in [-0.4, -0.2) is 24.2 Å². The molecule has 2 rings (SSSR count). The molecule has 1 fully saturated rings. The van der Waals surface area contributed by atoms with E-state index in [0.717, 1.165) is 25.2 Å². The lowest BCUT2D eigenvalue weighted by molar-refractivity contribution is 0.00602. The molecule has 0 aliphatic carbocycles. The van der Waals surface area contributed by atoms with E-state index in [1.165, 1.54) is 0 Å². The Balaban J connectivity index is 1.92. The van der Waals surface area contributed by atoms with Gasteiger partial charge in [-0.2, -0.15) is 0 Å². The van der Waals surface area contributed by atoms with Crippen LogP contribution in [0.1, 0.15) is 25.1 Å². The zero-order valence-corrected chi connectivity index (χ0v) is 8.44. The van der Waals surface area contributed by atoms with Crippen LogP contribution < -0.4 is 5.32 Å². The number of pyridine rings is 1. The third-order valence-corrected chi connectivity index (χ3v) is 2.52. The minimum atomic E-state index is 0.0982. The van der Waals surface area contributed by atoms with Crippen molar-refractivity contribution in [2.45, 2.75) is 25.6 Å². The Morgan fingerprint density at radius 2 is 2.50 bits per heavy atom. The van der Waals surface area contributed by atoms with Gasteiger partial charge in [0.25, 0.3) is 0 Å². The van der Waals surface area contributed by atoms with Crippen molar-refractivity contribution in [3.05, 3.63) is 30.1 Å². The van der Waals surface area contributed by atoms with Gasteiger partial charge in [0.2, 0.25) is 0 Å². The number of nitrogens with one attached hydrogen (secondary N) is 1. The van der Waals surface area contributed by atoms with E-state index in [1.807, 2.05) is 24.4 Å². The molecule has 0 aromatic carbocycles. The van der Waals surface area contributed by atoms with E-state index in [-0.39, 0.29) is 6.10 Å². The zero-order chi connectivity index (χ0) is 9.80. The Morgan fingerprint density at radius 1 is 1.57 bits per heavy atom. The largest absolute Gasteiger partial charge is 0.368 e. The molecule has 1 N–H and O–H groups in total. The predicted molar refractivity (Wildman–Crippen MR) is 55.0 cm³/mol. The van der Waals surface area contributed by atoms with E-state index in [2.05, 4.69) is 17.2 Å². The van der Waals surface area contributed by atoms with Crippen molar-refractivity contribution in [2.75, 3.05) is 13.1 Å². The molecule has 14 heavy (non-hydrogen) atoms. The maximum absolute atomic E-state index is 5.87. The monoisotopic (exact) mass is 192 g/mol. The minimum Gasteiger partial charge on any atom is -0.368 e. The highest BCUT2D eigenvalue weighted by Crippen LogP contribution is 2.18. The molecule has 0 saturated carbocycles. The first-order valence-electron chi connectivity index (χ1n) is 5.13. The summed E-state index contributed by atoms with van der Waals surface area (Å²) in [5, 5.41) is 3.28. The van der Waals surface area contributed by atoms with Crippen LogP contribution in [0.4, 0.5) is 0 Å². The van der Waals surface area contributed by atoms with Crippen LogP contribution in [0.2, 0.25) is 0 Å². The molecule has 76 valence electrons. The van der Waals surface area contributed by atoms with Gasteiger partial charge in [-0.1, -0.05) is 6.07 Å². The van der Waals surface area contributed by atoms with Gasteiger partial charge in [0.05, 0.1) is 17.9 Å². The first-order chi connectivity index (χ1) is 6.86. The lowest BCUT2D eigenvalue weighted by Gasteiger charge is -2.17. The van der Waals surface area contributed by atoms with Gasteiger partial charge in [-0.3, -0.25) is 4.98 Å². The van der Waals surface area contributed by atoms with Crippen molar-refractivity contribution in [3.8, 4) is 0 Å². The Labute approximate surface area is 84.5 Å². The van der Waals surface area contributed by atoms with Gasteiger partial charge >= 0.3 is 0 Å². The van der Waals surface area contributed by atoms with Gasteiger partial charge in [0, 0.05) is 12.7 Å². The maximum atomic E-state index is 5.87. The van der Waals surface area contributed by atoms with Gasteiger partial charge in [-0.15, -0.1) is 0 Å². The second kappa shape index (κ2) is 4.53. The van der Waals surface area contributed by atoms with Crippen molar-refractivity contribution >= 4 is 0 Å². The van der Waals surface area contributed by atoms with E-state index in [0.29, 0.717) is 6.10 Å². The smallest absolute Gasteiger partial charge is 0.0970 e. The molecule has 0 amide bonds. The van der Waals surface area contributed by atoms with E-state index < -0.39 is 0 Å². The molecule has 2 atom stereocenters. The van der Waals surface area contributed by atoms with E-state index in [4.69, 9.17) is 4.74 Å². The van der Waals surface area contributed by atoms with Crippen molar-refractivity contribution in [3.63, 3.8) is 0 Å². The fourth-order valence-corrected chi connectivity index (χ4v) is 1.72. The summed E-state index contributed by atoms with van der Waals surface area (Å²) in [6.45, 7) is 4.09. The number of hydrogen-bond acceptors (Lipinski definition) is 3. The third kappa shape index (κ3) is 2.30. The normalized spacial score (nSPS) is 23.6. The molecular formula is C11H16N2O. The van der Waals surface area contributed by atoms with Crippen LogP contribution in [0.25, 0.3) is 0 Å². The molecule has 1 aromatic heterocycles. The molecule has 0 bridgehead atoms. The maximum Gasteiger partial charge on any atom is 0.0970 e. The molecule has 1 saturated heterocycles. The summed E-state index contributed by atoms with van der Waals surface area (Å²) < 4.78 is 5.87. The van der Waals surface area contributed by atoms with Crippen LogP contribution in [-0.2, 0) is 4.74 Å². The first-order valence-corrected chi connectivity index (χ1v) is 5.13. The molecular weight excluding hydrogens is 176 g/mol. The van der Waals surface area contributed by atoms with Crippen molar-refractivity contribution in [2.24, 2.45) is 0 Å². The van der Waals surface area contributed by atoms with Crippen molar-refractivity contribution in [1.29, 1.82) is 0 Å². The van der Waals surface area contributed by atoms with E-state index in [1.54, 1.807) is 0 Å². The van der Waals surface area contributed by atoms with Crippen LogP contribution in [0.15, 0.2) is 24.4 Å². The Hall–Kier alpha value is -0.930. The summed E-state index contributed by atoms with van der Waals surface area (Å²) in [6, 6.07) is 5.93. The van der Waals surface area contributed by atoms with Crippen LogP contribution in [0.5, 0.6) is 0 Å². The first kappa shape index (κ1) is 9.62. The van der Waals surface area contributed by atoms with Gasteiger partial charge in [-0.05, 0) is 32.0 Å². The molecule has 3 heteroatoms. The van der Waals surface area contributed by atoms with Gasteiger partial charge < -0.3 is 10.1 Å². The van der Waals surface area contributed by atoms with E-state index in [9.17, 15) is 0 Å². The number of nitrogens with zero attached hydrogens (tertiary/aromatic N) is 1. The average Bonchev–Trinajstić information content (AvgIpc) is 2.72. The minimum absolute atomic E-state index is 0.0982. The lowest BCUT2D eigenvalue weighted by Crippen LogP contribution is -2.18. The third-order valence-electron chi connectivity index (χ3n) is 2.52. The van der Waals surface area contributed by atoms with Gasteiger partial charge in [0.1, 0.15) is 0 Å². The average molecular weight is 192 g/mol. The van der Waals surface area contributed by atoms with Crippen molar-refractivity contribution in [1.82, 2.24) is 10.3 Å². The number of ether oxygens (including phenoxy) is 1.